The van der Waals surface area contributed by atoms with Crippen LogP contribution in [0.1, 0.15) is 27.7 Å². The summed E-state index contributed by atoms with van der Waals surface area (Å²) >= 11 is 0. The molecule has 0 bridgehead atoms. The van der Waals surface area contributed by atoms with E-state index < -0.39 is 0 Å². The van der Waals surface area contributed by atoms with E-state index in [0.29, 0.717) is 6.54 Å². The lowest BCUT2D eigenvalue weighted by atomic mass is 9.79. The SMILES string of the molecule is CC1(C)OB(c2ccc(NCCO)cc2)OC1(C)C. The fourth-order valence-corrected chi connectivity index (χ4v) is 1.94. The molecule has 1 heterocycles. The lowest BCUT2D eigenvalue weighted by Crippen LogP contribution is -2.41. The summed E-state index contributed by atoms with van der Waals surface area (Å²) in [6.07, 6.45) is 0. The molecule has 104 valence electrons. The number of anilines is 1. The van der Waals surface area contributed by atoms with Crippen molar-refractivity contribution in [1.29, 1.82) is 0 Å². The van der Waals surface area contributed by atoms with Crippen molar-refractivity contribution in [1.82, 2.24) is 0 Å². The first kappa shape index (κ1) is 14.4. The molecule has 0 atom stereocenters. The lowest BCUT2D eigenvalue weighted by Gasteiger charge is -2.32. The fraction of sp³-hybridized carbons (Fsp3) is 0.571. The van der Waals surface area contributed by atoms with Crippen LogP contribution in [-0.4, -0.2) is 36.6 Å². The van der Waals surface area contributed by atoms with Gasteiger partial charge in [0.1, 0.15) is 0 Å². The molecule has 0 amide bonds. The van der Waals surface area contributed by atoms with Crippen LogP contribution in [-0.2, 0) is 9.31 Å². The predicted molar refractivity (Wildman–Crippen MR) is 77.7 cm³/mol. The molecule has 19 heavy (non-hydrogen) atoms. The molecule has 5 heteroatoms. The van der Waals surface area contributed by atoms with Crippen LogP contribution in [0.3, 0.4) is 0 Å². The minimum atomic E-state index is -0.322. The van der Waals surface area contributed by atoms with Crippen molar-refractivity contribution >= 4 is 18.3 Å². The summed E-state index contributed by atoms with van der Waals surface area (Å²) in [6.45, 7) is 8.86. The molecule has 1 aromatic carbocycles. The summed E-state index contributed by atoms with van der Waals surface area (Å²) in [5.74, 6) is 0. The summed E-state index contributed by atoms with van der Waals surface area (Å²) in [5.41, 5.74) is 1.36. The molecule has 2 N–H and O–H groups in total. The maximum atomic E-state index is 8.77. The van der Waals surface area contributed by atoms with Crippen molar-refractivity contribution in [3.05, 3.63) is 24.3 Å². The van der Waals surface area contributed by atoms with E-state index in [4.69, 9.17) is 14.4 Å². The van der Waals surface area contributed by atoms with Gasteiger partial charge in [-0.05, 0) is 45.3 Å². The summed E-state index contributed by atoms with van der Waals surface area (Å²) in [7, 11) is -0.322. The molecule has 0 spiro atoms. The second kappa shape index (κ2) is 5.15. The van der Waals surface area contributed by atoms with Crippen LogP contribution in [0.4, 0.5) is 5.69 Å². The highest BCUT2D eigenvalue weighted by Gasteiger charge is 2.51. The smallest absolute Gasteiger partial charge is 0.399 e. The molecule has 2 rings (SSSR count). The van der Waals surface area contributed by atoms with Gasteiger partial charge in [0.2, 0.25) is 0 Å². The van der Waals surface area contributed by atoms with Crippen molar-refractivity contribution in [2.24, 2.45) is 0 Å². The van der Waals surface area contributed by atoms with E-state index in [2.05, 4.69) is 5.32 Å². The van der Waals surface area contributed by atoms with Crippen molar-refractivity contribution in [2.45, 2.75) is 38.9 Å². The minimum absolute atomic E-state index is 0.124. The maximum absolute atomic E-state index is 8.77. The number of hydrogen-bond donors (Lipinski definition) is 2. The van der Waals surface area contributed by atoms with Gasteiger partial charge in [0, 0.05) is 12.2 Å². The van der Waals surface area contributed by atoms with E-state index in [1.165, 1.54) is 0 Å². The third kappa shape index (κ3) is 2.94. The Bertz CT molecular complexity index is 415. The number of benzene rings is 1. The van der Waals surface area contributed by atoms with E-state index in [1.807, 2.05) is 52.0 Å². The zero-order chi connectivity index (χ0) is 14.1. The van der Waals surface area contributed by atoms with Gasteiger partial charge in [-0.2, -0.15) is 0 Å². The molecule has 4 nitrogen and oxygen atoms in total. The van der Waals surface area contributed by atoms with E-state index in [0.717, 1.165) is 11.2 Å². The third-order valence-corrected chi connectivity index (χ3v) is 3.88. The zero-order valence-corrected chi connectivity index (χ0v) is 12.1. The van der Waals surface area contributed by atoms with Gasteiger partial charge in [0.15, 0.2) is 0 Å². The van der Waals surface area contributed by atoms with Gasteiger partial charge in [-0.25, -0.2) is 0 Å². The van der Waals surface area contributed by atoms with Crippen LogP contribution in [0.15, 0.2) is 24.3 Å². The molecular formula is C14H22BNO3. The summed E-state index contributed by atoms with van der Waals surface area (Å²) < 4.78 is 12.0. The van der Waals surface area contributed by atoms with E-state index in [-0.39, 0.29) is 24.9 Å². The van der Waals surface area contributed by atoms with Crippen LogP contribution in [0.25, 0.3) is 0 Å². The highest BCUT2D eigenvalue weighted by atomic mass is 16.7. The number of aliphatic hydroxyl groups excluding tert-OH is 1. The Morgan fingerprint density at radius 3 is 2.05 bits per heavy atom. The fourth-order valence-electron chi connectivity index (χ4n) is 1.94. The second-order valence-corrected chi connectivity index (χ2v) is 5.86. The molecule has 0 saturated carbocycles. The number of nitrogens with one attached hydrogen (secondary N) is 1. The van der Waals surface area contributed by atoms with E-state index in [1.54, 1.807) is 0 Å². The Kier molecular flexibility index (Phi) is 3.90. The van der Waals surface area contributed by atoms with Gasteiger partial charge in [-0.3, -0.25) is 0 Å². The molecule has 0 radical (unpaired) electrons. The Labute approximate surface area is 115 Å². The molecule has 1 saturated heterocycles. The second-order valence-electron chi connectivity index (χ2n) is 5.86. The molecule has 0 unspecified atom stereocenters. The monoisotopic (exact) mass is 263 g/mol. The Morgan fingerprint density at radius 2 is 1.58 bits per heavy atom. The average Bonchev–Trinajstić information content (AvgIpc) is 2.56. The van der Waals surface area contributed by atoms with Crippen LogP contribution in [0, 0.1) is 0 Å². The van der Waals surface area contributed by atoms with Gasteiger partial charge in [0.05, 0.1) is 17.8 Å². The molecule has 1 fully saturated rings. The van der Waals surface area contributed by atoms with E-state index >= 15 is 0 Å². The number of hydrogen-bond acceptors (Lipinski definition) is 4. The molecule has 1 aliphatic rings. The first-order chi connectivity index (χ1) is 8.86. The first-order valence-corrected chi connectivity index (χ1v) is 6.66. The van der Waals surface area contributed by atoms with Gasteiger partial charge in [-0.1, -0.05) is 12.1 Å². The van der Waals surface area contributed by atoms with Gasteiger partial charge in [0.25, 0.3) is 0 Å². The molecule has 1 aromatic rings. The Balaban J connectivity index is 2.08. The van der Waals surface area contributed by atoms with Crippen LogP contribution >= 0.6 is 0 Å². The van der Waals surface area contributed by atoms with Crippen LogP contribution < -0.4 is 10.8 Å². The Hall–Kier alpha value is -1.04. The average molecular weight is 263 g/mol. The quantitative estimate of drug-likeness (QED) is 0.806. The van der Waals surface area contributed by atoms with Crippen molar-refractivity contribution in [2.75, 3.05) is 18.5 Å². The standard InChI is InChI=1S/C14H22BNO3/c1-13(2)14(3,4)19-15(18-13)11-5-7-12(8-6-11)16-9-10-17/h5-8,16-17H,9-10H2,1-4H3. The van der Waals surface area contributed by atoms with Crippen LogP contribution in [0.2, 0.25) is 0 Å². The molecule has 0 aromatic heterocycles. The summed E-state index contributed by atoms with van der Waals surface area (Å²) in [6, 6.07) is 7.91. The maximum Gasteiger partial charge on any atom is 0.494 e. The van der Waals surface area contributed by atoms with Crippen molar-refractivity contribution in [3.63, 3.8) is 0 Å². The van der Waals surface area contributed by atoms with Gasteiger partial charge < -0.3 is 19.7 Å². The van der Waals surface area contributed by atoms with Gasteiger partial charge >= 0.3 is 7.12 Å². The van der Waals surface area contributed by atoms with Crippen molar-refractivity contribution < 1.29 is 14.4 Å². The predicted octanol–water partition coefficient (Wildman–Crippen LogP) is 1.39. The van der Waals surface area contributed by atoms with Crippen LogP contribution in [0.5, 0.6) is 0 Å². The largest absolute Gasteiger partial charge is 0.494 e. The molecule has 1 aliphatic heterocycles. The molecular weight excluding hydrogens is 241 g/mol. The van der Waals surface area contributed by atoms with E-state index in [9.17, 15) is 0 Å². The highest BCUT2D eigenvalue weighted by Crippen LogP contribution is 2.36. The number of aliphatic hydroxyl groups is 1. The highest BCUT2D eigenvalue weighted by molar-refractivity contribution is 6.62. The summed E-state index contributed by atoms with van der Waals surface area (Å²) in [5, 5.41) is 11.9. The molecule has 0 aliphatic carbocycles. The third-order valence-electron chi connectivity index (χ3n) is 3.88. The zero-order valence-electron chi connectivity index (χ0n) is 12.1. The summed E-state index contributed by atoms with van der Waals surface area (Å²) in [4.78, 5) is 0. The Morgan fingerprint density at radius 1 is 1.05 bits per heavy atom. The first-order valence-electron chi connectivity index (χ1n) is 6.66. The van der Waals surface area contributed by atoms with Crippen molar-refractivity contribution in [3.8, 4) is 0 Å². The lowest BCUT2D eigenvalue weighted by molar-refractivity contribution is 0.00578. The number of rotatable bonds is 4. The topological polar surface area (TPSA) is 50.7 Å². The normalized spacial score (nSPS) is 20.6. The minimum Gasteiger partial charge on any atom is -0.399 e. The van der Waals surface area contributed by atoms with Gasteiger partial charge in [-0.15, -0.1) is 0 Å².